The summed E-state index contributed by atoms with van der Waals surface area (Å²) in [6.45, 7) is 2.94. The summed E-state index contributed by atoms with van der Waals surface area (Å²) in [6.07, 6.45) is 8.10. The fraction of sp³-hybridized carbons (Fsp3) is 0.611. The van der Waals surface area contributed by atoms with Gasteiger partial charge >= 0.3 is 0 Å². The van der Waals surface area contributed by atoms with Gasteiger partial charge in [0, 0.05) is 24.0 Å². The van der Waals surface area contributed by atoms with Crippen molar-refractivity contribution in [2.45, 2.75) is 64.0 Å². The Kier molecular flexibility index (Phi) is 4.55. The first-order valence-electron chi connectivity index (χ1n) is 8.61. The summed E-state index contributed by atoms with van der Waals surface area (Å²) >= 11 is 0. The van der Waals surface area contributed by atoms with E-state index in [4.69, 9.17) is 5.73 Å². The molecule has 0 aromatic heterocycles. The minimum atomic E-state index is -0.136. The highest BCUT2D eigenvalue weighted by Gasteiger charge is 2.28. The molecule has 4 nitrogen and oxygen atoms in total. The van der Waals surface area contributed by atoms with Crippen LogP contribution in [0.25, 0.3) is 0 Å². The third-order valence-corrected chi connectivity index (χ3v) is 5.12. The predicted molar refractivity (Wildman–Crippen MR) is 91.0 cm³/mol. The molecule has 4 heteroatoms. The van der Waals surface area contributed by atoms with Crippen molar-refractivity contribution in [3.05, 3.63) is 23.8 Å². The van der Waals surface area contributed by atoms with Crippen LogP contribution in [0.3, 0.4) is 0 Å². The largest absolute Gasteiger partial charge is 0.398 e. The van der Waals surface area contributed by atoms with E-state index in [-0.39, 0.29) is 11.9 Å². The lowest BCUT2D eigenvalue weighted by atomic mass is 9.95. The number of nitrogen functional groups attached to an aromatic ring is 1. The van der Waals surface area contributed by atoms with E-state index in [1.807, 2.05) is 19.1 Å². The van der Waals surface area contributed by atoms with E-state index >= 15 is 0 Å². The average molecular weight is 301 g/mol. The molecule has 1 aromatic rings. The summed E-state index contributed by atoms with van der Waals surface area (Å²) in [4.78, 5) is 14.8. The zero-order valence-corrected chi connectivity index (χ0v) is 13.5. The number of nitrogens with zero attached hydrogens (tertiary/aromatic N) is 1. The van der Waals surface area contributed by atoms with Gasteiger partial charge in [-0.2, -0.15) is 0 Å². The maximum Gasteiger partial charge on any atom is 0.242 e. The zero-order chi connectivity index (χ0) is 15.5. The average Bonchev–Trinajstić information content (AvgIpc) is 2.55. The molecule has 1 atom stereocenters. The first-order valence-corrected chi connectivity index (χ1v) is 8.61. The molecule has 1 saturated carbocycles. The van der Waals surface area contributed by atoms with Crippen LogP contribution in [0.5, 0.6) is 0 Å². The van der Waals surface area contributed by atoms with E-state index in [9.17, 15) is 4.79 Å². The SMILES string of the molecule is CC(C(=O)NC1CCCCC1)N1CCCc2c(N)cccc21. The number of fused-ring (bicyclic) bond motifs is 1. The molecule has 120 valence electrons. The lowest BCUT2D eigenvalue weighted by molar-refractivity contribution is -0.123. The highest BCUT2D eigenvalue weighted by Crippen LogP contribution is 2.32. The Morgan fingerprint density at radius 1 is 1.27 bits per heavy atom. The first-order chi connectivity index (χ1) is 10.7. The van der Waals surface area contributed by atoms with Gasteiger partial charge in [-0.25, -0.2) is 0 Å². The van der Waals surface area contributed by atoms with E-state index in [1.165, 1.54) is 24.8 Å². The molecule has 1 aromatic carbocycles. The van der Waals surface area contributed by atoms with Crippen LogP contribution in [0.2, 0.25) is 0 Å². The molecule has 1 aliphatic carbocycles. The molecule has 0 saturated heterocycles. The summed E-state index contributed by atoms with van der Waals surface area (Å²) in [7, 11) is 0. The predicted octanol–water partition coefficient (Wildman–Crippen LogP) is 2.86. The fourth-order valence-corrected chi connectivity index (χ4v) is 3.79. The molecule has 2 aliphatic rings. The van der Waals surface area contributed by atoms with Crippen LogP contribution in [0.15, 0.2) is 18.2 Å². The minimum absolute atomic E-state index is 0.136. The molecule has 22 heavy (non-hydrogen) atoms. The molecule has 3 N–H and O–H groups in total. The lowest BCUT2D eigenvalue weighted by Crippen LogP contribution is -2.50. The molecule has 1 aliphatic heterocycles. The van der Waals surface area contributed by atoms with Gasteiger partial charge in [-0.15, -0.1) is 0 Å². The van der Waals surface area contributed by atoms with Gasteiger partial charge in [0.05, 0.1) is 0 Å². The molecule has 1 unspecified atom stereocenters. The van der Waals surface area contributed by atoms with Crippen molar-refractivity contribution in [1.29, 1.82) is 0 Å². The molecular weight excluding hydrogens is 274 g/mol. The van der Waals surface area contributed by atoms with Gasteiger partial charge in [-0.3, -0.25) is 4.79 Å². The van der Waals surface area contributed by atoms with E-state index < -0.39 is 0 Å². The second-order valence-electron chi connectivity index (χ2n) is 6.66. The van der Waals surface area contributed by atoms with Crippen molar-refractivity contribution in [3.63, 3.8) is 0 Å². The monoisotopic (exact) mass is 301 g/mol. The van der Waals surface area contributed by atoms with Crippen LogP contribution in [0.4, 0.5) is 11.4 Å². The number of amides is 1. The summed E-state index contributed by atoms with van der Waals surface area (Å²) in [6, 6.07) is 6.26. The number of carbonyl (C=O) groups is 1. The van der Waals surface area contributed by atoms with Crippen molar-refractivity contribution in [3.8, 4) is 0 Å². The number of nitrogens with two attached hydrogens (primary N) is 1. The van der Waals surface area contributed by atoms with Crippen molar-refractivity contribution >= 4 is 17.3 Å². The molecule has 1 amide bonds. The van der Waals surface area contributed by atoms with E-state index in [1.54, 1.807) is 0 Å². The number of nitrogens with one attached hydrogen (secondary N) is 1. The topological polar surface area (TPSA) is 58.4 Å². The van der Waals surface area contributed by atoms with Crippen molar-refractivity contribution in [1.82, 2.24) is 5.32 Å². The lowest BCUT2D eigenvalue weighted by Gasteiger charge is -2.37. The van der Waals surface area contributed by atoms with Crippen LogP contribution in [-0.2, 0) is 11.2 Å². The number of anilines is 2. The summed E-state index contributed by atoms with van der Waals surface area (Å²) < 4.78 is 0. The third-order valence-electron chi connectivity index (χ3n) is 5.12. The van der Waals surface area contributed by atoms with Crippen LogP contribution in [0.1, 0.15) is 51.0 Å². The number of rotatable bonds is 3. The minimum Gasteiger partial charge on any atom is -0.398 e. The maximum absolute atomic E-state index is 12.6. The number of hydrogen-bond acceptors (Lipinski definition) is 3. The number of carbonyl (C=O) groups excluding carboxylic acids is 1. The van der Waals surface area contributed by atoms with Gasteiger partial charge in [0.1, 0.15) is 6.04 Å². The summed E-state index contributed by atoms with van der Waals surface area (Å²) in [5.74, 6) is 0.155. The molecule has 0 bridgehead atoms. The van der Waals surface area contributed by atoms with Crippen molar-refractivity contribution in [2.75, 3.05) is 17.2 Å². The van der Waals surface area contributed by atoms with Gasteiger partial charge in [-0.1, -0.05) is 25.3 Å². The van der Waals surface area contributed by atoms with E-state index in [0.717, 1.165) is 43.6 Å². The Morgan fingerprint density at radius 3 is 2.82 bits per heavy atom. The van der Waals surface area contributed by atoms with Crippen molar-refractivity contribution in [2.24, 2.45) is 0 Å². The summed E-state index contributed by atoms with van der Waals surface area (Å²) in [5, 5.41) is 3.25. The number of hydrogen-bond donors (Lipinski definition) is 2. The van der Waals surface area contributed by atoms with E-state index in [0.29, 0.717) is 6.04 Å². The van der Waals surface area contributed by atoms with E-state index in [2.05, 4.69) is 16.3 Å². The molecule has 0 spiro atoms. The smallest absolute Gasteiger partial charge is 0.242 e. The van der Waals surface area contributed by atoms with Gasteiger partial charge in [0.2, 0.25) is 5.91 Å². The van der Waals surface area contributed by atoms with Crippen LogP contribution in [0, 0.1) is 0 Å². The Balaban J connectivity index is 1.71. The highest BCUT2D eigenvalue weighted by molar-refractivity contribution is 5.86. The fourth-order valence-electron chi connectivity index (χ4n) is 3.79. The highest BCUT2D eigenvalue weighted by atomic mass is 16.2. The quantitative estimate of drug-likeness (QED) is 0.844. The first kappa shape index (κ1) is 15.2. The molecular formula is C18H27N3O. The number of benzene rings is 1. The van der Waals surface area contributed by atoms with Gasteiger partial charge in [-0.05, 0) is 50.3 Å². The Hall–Kier alpha value is -1.71. The Labute approximate surface area is 133 Å². The van der Waals surface area contributed by atoms with Crippen molar-refractivity contribution < 1.29 is 4.79 Å². The zero-order valence-electron chi connectivity index (χ0n) is 13.5. The van der Waals surface area contributed by atoms with Crippen LogP contribution in [-0.4, -0.2) is 24.5 Å². The maximum atomic E-state index is 12.6. The Bertz CT molecular complexity index is 537. The summed E-state index contributed by atoms with van der Waals surface area (Å²) in [5.41, 5.74) is 9.29. The molecule has 3 rings (SSSR count). The molecule has 1 fully saturated rings. The van der Waals surface area contributed by atoms with Gasteiger partial charge in [0.15, 0.2) is 0 Å². The van der Waals surface area contributed by atoms with Crippen LogP contribution < -0.4 is 16.0 Å². The van der Waals surface area contributed by atoms with Gasteiger partial charge < -0.3 is 16.0 Å². The third kappa shape index (κ3) is 3.06. The molecule has 0 radical (unpaired) electrons. The van der Waals surface area contributed by atoms with Gasteiger partial charge in [0.25, 0.3) is 0 Å². The standard InChI is InChI=1S/C18H27N3O/c1-13(18(22)20-14-7-3-2-4-8-14)21-12-6-9-15-16(19)10-5-11-17(15)21/h5,10-11,13-14H,2-4,6-9,12,19H2,1H3,(H,20,22). The normalized spacial score (nSPS) is 20.3. The molecule has 1 heterocycles. The Morgan fingerprint density at radius 2 is 2.05 bits per heavy atom. The second-order valence-corrected chi connectivity index (χ2v) is 6.66. The van der Waals surface area contributed by atoms with Crippen LogP contribution >= 0.6 is 0 Å². The second kappa shape index (κ2) is 6.59.